The van der Waals surface area contributed by atoms with Gasteiger partial charge in [-0.3, -0.25) is 0 Å². The largest absolute Gasteiger partial charge is 0.488 e. The fraction of sp³-hybridized carbons (Fsp3) is 0.333. The maximum absolute atomic E-state index is 13.3. The van der Waals surface area contributed by atoms with Gasteiger partial charge in [0, 0.05) is 0 Å². The van der Waals surface area contributed by atoms with Crippen LogP contribution in [-0.4, -0.2) is 17.2 Å². The van der Waals surface area contributed by atoms with Crippen molar-refractivity contribution in [3.05, 3.63) is 29.6 Å². The van der Waals surface area contributed by atoms with E-state index in [4.69, 9.17) is 10.0 Å². The maximum atomic E-state index is 13.3. The molecule has 1 aliphatic rings. The third kappa shape index (κ3) is 1.74. The van der Waals surface area contributed by atoms with E-state index in [-0.39, 0.29) is 11.3 Å². The highest BCUT2D eigenvalue weighted by Gasteiger charge is 2.27. The molecular weight excluding hydrogens is 170 g/mol. The lowest BCUT2D eigenvalue weighted by molar-refractivity contribution is 0.425. The minimum atomic E-state index is -1.58. The van der Waals surface area contributed by atoms with Gasteiger partial charge >= 0.3 is 7.12 Å². The zero-order valence-corrected chi connectivity index (χ0v) is 7.07. The molecule has 0 heterocycles. The lowest BCUT2D eigenvalue weighted by Crippen LogP contribution is -2.30. The van der Waals surface area contributed by atoms with Crippen molar-refractivity contribution in [1.82, 2.24) is 0 Å². The van der Waals surface area contributed by atoms with Gasteiger partial charge in [-0.05, 0) is 35.9 Å². The molecule has 0 bridgehead atoms. The average molecular weight is 180 g/mol. The summed E-state index contributed by atoms with van der Waals surface area (Å²) in [6, 6.07) is 4.39. The molecule has 4 heteroatoms. The second-order valence-corrected chi connectivity index (χ2v) is 3.43. The van der Waals surface area contributed by atoms with E-state index in [1.165, 1.54) is 6.07 Å². The van der Waals surface area contributed by atoms with Gasteiger partial charge in [0.15, 0.2) is 0 Å². The molecule has 68 valence electrons. The number of halogens is 1. The van der Waals surface area contributed by atoms with Crippen LogP contribution in [0.2, 0.25) is 0 Å². The molecule has 0 amide bonds. The van der Waals surface area contributed by atoms with Gasteiger partial charge in [0.05, 0.1) is 0 Å². The Kier molecular flexibility index (Phi) is 2.10. The Hall–Kier alpha value is -0.865. The SMILES string of the molecule is OB(O)c1ccc(C2CC2)c(F)c1. The van der Waals surface area contributed by atoms with Crippen molar-refractivity contribution in [2.24, 2.45) is 0 Å². The Morgan fingerprint density at radius 1 is 1.31 bits per heavy atom. The molecular formula is C9H10BFO2. The van der Waals surface area contributed by atoms with Crippen LogP contribution in [0.5, 0.6) is 0 Å². The topological polar surface area (TPSA) is 40.5 Å². The summed E-state index contributed by atoms with van der Waals surface area (Å²) in [6.45, 7) is 0. The highest BCUT2D eigenvalue weighted by molar-refractivity contribution is 6.58. The Morgan fingerprint density at radius 3 is 2.46 bits per heavy atom. The molecule has 1 fully saturated rings. The normalized spacial score (nSPS) is 15.9. The van der Waals surface area contributed by atoms with E-state index in [2.05, 4.69) is 0 Å². The molecule has 0 atom stereocenters. The van der Waals surface area contributed by atoms with Crippen LogP contribution in [0.3, 0.4) is 0 Å². The summed E-state index contributed by atoms with van der Waals surface area (Å²) < 4.78 is 13.3. The summed E-state index contributed by atoms with van der Waals surface area (Å²) in [7, 11) is -1.58. The third-order valence-electron chi connectivity index (χ3n) is 2.34. The molecule has 0 aromatic heterocycles. The van der Waals surface area contributed by atoms with Crippen molar-refractivity contribution in [1.29, 1.82) is 0 Å². The minimum absolute atomic E-state index is 0.210. The van der Waals surface area contributed by atoms with Gasteiger partial charge in [0.2, 0.25) is 0 Å². The molecule has 2 rings (SSSR count). The smallest absolute Gasteiger partial charge is 0.423 e. The number of hydrogen-bond donors (Lipinski definition) is 2. The van der Waals surface area contributed by atoms with Gasteiger partial charge in [0.1, 0.15) is 5.82 Å². The van der Waals surface area contributed by atoms with E-state index in [0.29, 0.717) is 11.5 Å². The van der Waals surface area contributed by atoms with Crippen molar-refractivity contribution in [2.45, 2.75) is 18.8 Å². The molecule has 0 aliphatic heterocycles. The second-order valence-electron chi connectivity index (χ2n) is 3.43. The van der Waals surface area contributed by atoms with Crippen molar-refractivity contribution in [2.75, 3.05) is 0 Å². The van der Waals surface area contributed by atoms with Crippen molar-refractivity contribution >= 4 is 12.6 Å². The summed E-state index contributed by atoms with van der Waals surface area (Å²) >= 11 is 0. The van der Waals surface area contributed by atoms with Gasteiger partial charge in [-0.15, -0.1) is 0 Å². The Morgan fingerprint density at radius 2 is 2.00 bits per heavy atom. The number of hydrogen-bond acceptors (Lipinski definition) is 2. The summed E-state index contributed by atoms with van der Waals surface area (Å²) in [5, 5.41) is 17.6. The third-order valence-corrected chi connectivity index (χ3v) is 2.34. The molecule has 2 N–H and O–H groups in total. The van der Waals surface area contributed by atoms with Crippen LogP contribution < -0.4 is 5.46 Å². The molecule has 0 saturated heterocycles. The predicted molar refractivity (Wildman–Crippen MR) is 48.2 cm³/mol. The van der Waals surface area contributed by atoms with E-state index >= 15 is 0 Å². The minimum Gasteiger partial charge on any atom is -0.423 e. The molecule has 1 aromatic rings. The van der Waals surface area contributed by atoms with E-state index in [9.17, 15) is 4.39 Å². The van der Waals surface area contributed by atoms with E-state index < -0.39 is 7.12 Å². The second kappa shape index (κ2) is 3.12. The van der Waals surface area contributed by atoms with Crippen molar-refractivity contribution in [3.63, 3.8) is 0 Å². The predicted octanol–water partition coefficient (Wildman–Crippen LogP) is 0.383. The fourth-order valence-corrected chi connectivity index (χ4v) is 1.43. The first-order valence-electron chi connectivity index (χ1n) is 4.34. The first-order valence-corrected chi connectivity index (χ1v) is 4.34. The summed E-state index contributed by atoms with van der Waals surface area (Å²) in [4.78, 5) is 0. The quantitative estimate of drug-likeness (QED) is 0.646. The van der Waals surface area contributed by atoms with Gasteiger partial charge < -0.3 is 10.0 Å². The van der Waals surface area contributed by atoms with Gasteiger partial charge in [-0.1, -0.05) is 12.1 Å². The van der Waals surface area contributed by atoms with Crippen LogP contribution in [0.15, 0.2) is 18.2 Å². The van der Waals surface area contributed by atoms with Gasteiger partial charge in [0.25, 0.3) is 0 Å². The number of rotatable bonds is 2. The highest BCUT2D eigenvalue weighted by atomic mass is 19.1. The van der Waals surface area contributed by atoms with Crippen molar-refractivity contribution in [3.8, 4) is 0 Å². The van der Waals surface area contributed by atoms with Crippen LogP contribution in [0.25, 0.3) is 0 Å². The molecule has 1 aromatic carbocycles. The van der Waals surface area contributed by atoms with E-state index in [0.717, 1.165) is 12.8 Å². The lowest BCUT2D eigenvalue weighted by Gasteiger charge is -2.03. The fourth-order valence-electron chi connectivity index (χ4n) is 1.43. The summed E-state index contributed by atoms with van der Waals surface area (Å²) in [5.41, 5.74) is 0.909. The number of benzene rings is 1. The molecule has 13 heavy (non-hydrogen) atoms. The van der Waals surface area contributed by atoms with Crippen LogP contribution in [0.1, 0.15) is 24.3 Å². The van der Waals surface area contributed by atoms with Gasteiger partial charge in [-0.25, -0.2) is 4.39 Å². The molecule has 0 spiro atoms. The first-order chi connectivity index (χ1) is 6.18. The molecule has 0 unspecified atom stereocenters. The van der Waals surface area contributed by atoms with Crippen LogP contribution in [0.4, 0.5) is 4.39 Å². The zero-order valence-electron chi connectivity index (χ0n) is 7.07. The average Bonchev–Trinajstić information content (AvgIpc) is 2.87. The van der Waals surface area contributed by atoms with E-state index in [1.54, 1.807) is 12.1 Å². The molecule has 1 saturated carbocycles. The van der Waals surface area contributed by atoms with Crippen LogP contribution in [-0.2, 0) is 0 Å². The summed E-state index contributed by atoms with van der Waals surface area (Å²) in [5.74, 6) is 0.0259. The highest BCUT2D eigenvalue weighted by Crippen LogP contribution is 2.40. The van der Waals surface area contributed by atoms with Crippen LogP contribution in [0, 0.1) is 5.82 Å². The Bertz CT molecular complexity index is 323. The lowest BCUT2D eigenvalue weighted by atomic mass is 9.80. The monoisotopic (exact) mass is 180 g/mol. The Balaban J connectivity index is 2.31. The molecule has 1 aliphatic carbocycles. The Labute approximate surface area is 76.2 Å². The van der Waals surface area contributed by atoms with Crippen LogP contribution >= 0.6 is 0 Å². The maximum Gasteiger partial charge on any atom is 0.488 e. The first kappa shape index (κ1) is 8.72. The van der Waals surface area contributed by atoms with Gasteiger partial charge in [-0.2, -0.15) is 0 Å². The molecule has 2 nitrogen and oxygen atoms in total. The van der Waals surface area contributed by atoms with Crippen molar-refractivity contribution < 1.29 is 14.4 Å². The molecule has 0 radical (unpaired) electrons. The van der Waals surface area contributed by atoms with E-state index in [1.807, 2.05) is 0 Å². The standard InChI is InChI=1S/C9H10BFO2/c11-9-5-7(10(12)13)3-4-8(9)6-1-2-6/h3-6,12-13H,1-2H2. The summed E-state index contributed by atoms with van der Waals surface area (Å²) in [6.07, 6.45) is 2.08. The zero-order chi connectivity index (χ0) is 9.42.